The summed E-state index contributed by atoms with van der Waals surface area (Å²) in [6, 6.07) is 3.46. The van der Waals surface area contributed by atoms with Crippen LogP contribution in [0.2, 0.25) is 0 Å². The first-order chi connectivity index (χ1) is 10.1. The quantitative estimate of drug-likeness (QED) is 0.800. The maximum absolute atomic E-state index is 13.5. The lowest BCUT2D eigenvalue weighted by molar-refractivity contribution is -0.0189. The second-order valence-corrected chi connectivity index (χ2v) is 5.27. The molecule has 5 heteroatoms. The van der Waals surface area contributed by atoms with Crippen LogP contribution >= 0.6 is 0 Å². The van der Waals surface area contributed by atoms with Crippen molar-refractivity contribution < 1.29 is 23.1 Å². The molecule has 1 aliphatic carbocycles. The number of Topliss-reactive ketones (excluding diaryl/α,β-unsaturated/α-hetero) is 1. The number of carbonyl (C=O) groups excluding carboxylic acids is 1. The first kappa shape index (κ1) is 14.2. The molecule has 3 rings (SSSR count). The van der Waals surface area contributed by atoms with Crippen LogP contribution in [0, 0.1) is 5.92 Å². The smallest absolute Gasteiger partial charge is 0.194 e. The van der Waals surface area contributed by atoms with Crippen LogP contribution < -0.4 is 0 Å². The van der Waals surface area contributed by atoms with Crippen LogP contribution in [-0.4, -0.2) is 25.3 Å². The largest absolute Gasteiger partial charge is 0.458 e. The number of furan rings is 1. The zero-order valence-corrected chi connectivity index (χ0v) is 11.8. The maximum atomic E-state index is 13.5. The Bertz CT molecular complexity index is 593. The van der Waals surface area contributed by atoms with Gasteiger partial charge in [-0.15, -0.1) is 0 Å². The van der Waals surface area contributed by atoms with E-state index in [0.29, 0.717) is 37.6 Å². The third kappa shape index (κ3) is 3.14. The molecule has 0 spiro atoms. The van der Waals surface area contributed by atoms with E-state index < -0.39 is 6.29 Å². The fraction of sp³-hybridized carbons (Fsp3) is 0.438. The second-order valence-electron chi connectivity index (χ2n) is 5.27. The predicted molar refractivity (Wildman–Crippen MR) is 73.5 cm³/mol. The van der Waals surface area contributed by atoms with Crippen LogP contribution in [0.5, 0.6) is 0 Å². The van der Waals surface area contributed by atoms with Gasteiger partial charge >= 0.3 is 0 Å². The van der Waals surface area contributed by atoms with Crippen LogP contribution in [0.4, 0.5) is 4.39 Å². The minimum Gasteiger partial charge on any atom is -0.458 e. The van der Waals surface area contributed by atoms with Crippen molar-refractivity contribution in [3.8, 4) is 0 Å². The van der Waals surface area contributed by atoms with Gasteiger partial charge in [-0.05, 0) is 42.2 Å². The van der Waals surface area contributed by atoms with Gasteiger partial charge in [0.1, 0.15) is 11.6 Å². The molecule has 1 aromatic heterocycles. The lowest BCUT2D eigenvalue weighted by Gasteiger charge is -2.24. The summed E-state index contributed by atoms with van der Waals surface area (Å²) in [5, 5.41) is 0. The Morgan fingerprint density at radius 2 is 2.10 bits per heavy atom. The number of hydrogen-bond donors (Lipinski definition) is 0. The first-order valence-electron chi connectivity index (χ1n) is 7.03. The minimum absolute atomic E-state index is 0.0542. The molecule has 112 valence electrons. The molecule has 1 unspecified atom stereocenters. The number of hydrogen-bond acceptors (Lipinski definition) is 4. The number of ketones is 1. The van der Waals surface area contributed by atoms with Crippen molar-refractivity contribution in [1.29, 1.82) is 0 Å². The fourth-order valence-electron chi connectivity index (χ4n) is 2.66. The Morgan fingerprint density at radius 1 is 1.33 bits per heavy atom. The SMILES string of the molecule is CC(=O)c1ccc(CC2CC=C(F)C=C2C2OCCO2)o1. The number of ether oxygens (including phenoxy) is 2. The van der Waals surface area contributed by atoms with Gasteiger partial charge in [0.25, 0.3) is 0 Å². The van der Waals surface area contributed by atoms with E-state index in [9.17, 15) is 9.18 Å². The third-order valence-electron chi connectivity index (χ3n) is 3.72. The van der Waals surface area contributed by atoms with Crippen molar-refractivity contribution in [2.24, 2.45) is 5.92 Å². The molecule has 0 amide bonds. The third-order valence-corrected chi connectivity index (χ3v) is 3.72. The number of allylic oxidation sites excluding steroid dienone is 3. The summed E-state index contributed by atoms with van der Waals surface area (Å²) in [5.74, 6) is 0.753. The molecule has 1 fully saturated rings. The summed E-state index contributed by atoms with van der Waals surface area (Å²) in [4.78, 5) is 11.3. The van der Waals surface area contributed by atoms with Crippen LogP contribution in [-0.2, 0) is 15.9 Å². The van der Waals surface area contributed by atoms with Gasteiger partial charge in [0.2, 0.25) is 0 Å². The zero-order chi connectivity index (χ0) is 14.8. The topological polar surface area (TPSA) is 48.7 Å². The summed E-state index contributed by atoms with van der Waals surface area (Å²) in [6.45, 7) is 2.51. The van der Waals surface area contributed by atoms with Crippen molar-refractivity contribution in [2.45, 2.75) is 26.1 Å². The van der Waals surface area contributed by atoms with Gasteiger partial charge in [-0.1, -0.05) is 0 Å². The van der Waals surface area contributed by atoms with Crippen LogP contribution in [0.15, 0.2) is 40.1 Å². The van der Waals surface area contributed by atoms with E-state index in [1.165, 1.54) is 13.0 Å². The van der Waals surface area contributed by atoms with Gasteiger partial charge in [-0.2, -0.15) is 0 Å². The average Bonchev–Trinajstić information content (AvgIpc) is 3.11. The van der Waals surface area contributed by atoms with Crippen molar-refractivity contribution in [1.82, 2.24) is 0 Å². The highest BCUT2D eigenvalue weighted by atomic mass is 19.1. The van der Waals surface area contributed by atoms with Crippen LogP contribution in [0.25, 0.3) is 0 Å². The molecule has 21 heavy (non-hydrogen) atoms. The lowest BCUT2D eigenvalue weighted by Crippen LogP contribution is -2.22. The number of rotatable bonds is 4. The summed E-state index contributed by atoms with van der Waals surface area (Å²) >= 11 is 0. The Hall–Kier alpha value is -1.72. The Morgan fingerprint density at radius 3 is 2.76 bits per heavy atom. The molecular formula is C16H17FO4. The van der Waals surface area contributed by atoms with Gasteiger partial charge in [-0.25, -0.2) is 4.39 Å². The molecule has 4 nitrogen and oxygen atoms in total. The number of halogens is 1. The minimum atomic E-state index is -0.475. The summed E-state index contributed by atoms with van der Waals surface area (Å²) < 4.78 is 30.0. The standard InChI is InChI=1S/C16H17FO4/c1-10(18)15-5-4-13(21-15)8-11-2-3-12(17)9-14(11)16-19-6-7-20-16/h3-5,9,11,16H,2,6-8H2,1H3. The van der Waals surface area contributed by atoms with Crippen molar-refractivity contribution in [3.63, 3.8) is 0 Å². The van der Waals surface area contributed by atoms with E-state index in [1.807, 2.05) is 0 Å². The summed E-state index contributed by atoms with van der Waals surface area (Å²) in [7, 11) is 0. The lowest BCUT2D eigenvalue weighted by atomic mass is 9.87. The molecule has 0 bridgehead atoms. The molecule has 0 radical (unpaired) electrons. The van der Waals surface area contributed by atoms with Crippen molar-refractivity contribution >= 4 is 5.78 Å². The van der Waals surface area contributed by atoms with Crippen LogP contribution in [0.1, 0.15) is 29.7 Å². The van der Waals surface area contributed by atoms with Crippen molar-refractivity contribution in [2.75, 3.05) is 13.2 Å². The molecule has 0 aromatic carbocycles. The molecule has 1 saturated heterocycles. The zero-order valence-electron chi connectivity index (χ0n) is 11.8. The van der Waals surface area contributed by atoms with Gasteiger partial charge < -0.3 is 13.9 Å². The summed E-state index contributed by atoms with van der Waals surface area (Å²) in [5.41, 5.74) is 0.799. The van der Waals surface area contributed by atoms with Crippen LogP contribution in [0.3, 0.4) is 0 Å². The van der Waals surface area contributed by atoms with E-state index in [-0.39, 0.29) is 17.5 Å². The fourth-order valence-corrected chi connectivity index (χ4v) is 2.66. The van der Waals surface area contributed by atoms with E-state index in [0.717, 1.165) is 5.57 Å². The molecule has 2 aliphatic rings. The molecular weight excluding hydrogens is 275 g/mol. The molecule has 1 atom stereocenters. The van der Waals surface area contributed by atoms with E-state index in [4.69, 9.17) is 13.9 Å². The average molecular weight is 292 g/mol. The molecule has 2 heterocycles. The van der Waals surface area contributed by atoms with Gasteiger partial charge in [0.05, 0.1) is 13.2 Å². The van der Waals surface area contributed by atoms with E-state index in [2.05, 4.69) is 0 Å². The Balaban J connectivity index is 1.76. The van der Waals surface area contributed by atoms with Gasteiger partial charge in [0.15, 0.2) is 17.8 Å². The van der Waals surface area contributed by atoms with E-state index in [1.54, 1.807) is 18.2 Å². The molecule has 0 N–H and O–H groups in total. The van der Waals surface area contributed by atoms with Crippen molar-refractivity contribution in [3.05, 3.63) is 47.2 Å². The highest BCUT2D eigenvalue weighted by Crippen LogP contribution is 2.33. The van der Waals surface area contributed by atoms with Gasteiger partial charge in [-0.3, -0.25) is 4.79 Å². The molecule has 1 aliphatic heterocycles. The normalized spacial score (nSPS) is 23.0. The monoisotopic (exact) mass is 292 g/mol. The molecule has 0 saturated carbocycles. The maximum Gasteiger partial charge on any atom is 0.194 e. The van der Waals surface area contributed by atoms with Gasteiger partial charge in [0, 0.05) is 13.3 Å². The Labute approximate surface area is 122 Å². The first-order valence-corrected chi connectivity index (χ1v) is 7.03. The summed E-state index contributed by atoms with van der Waals surface area (Å²) in [6.07, 6.45) is 3.72. The Kier molecular flexibility index (Phi) is 4.03. The highest BCUT2D eigenvalue weighted by Gasteiger charge is 2.30. The molecule has 1 aromatic rings. The van der Waals surface area contributed by atoms with E-state index >= 15 is 0 Å². The predicted octanol–water partition coefficient (Wildman–Crippen LogP) is 3.20. The highest BCUT2D eigenvalue weighted by molar-refractivity contribution is 5.91. The number of carbonyl (C=O) groups is 1. The second kappa shape index (κ2) is 5.95.